The lowest BCUT2D eigenvalue weighted by atomic mass is 9.96. The molecule has 0 heterocycles. The Morgan fingerprint density at radius 3 is 2.65 bits per heavy atom. The Bertz CT molecular complexity index is 421. The number of amides is 1. The summed E-state index contributed by atoms with van der Waals surface area (Å²) in [6.45, 7) is 7.74. The third-order valence-electron chi connectivity index (χ3n) is 3.32. The van der Waals surface area contributed by atoms with E-state index in [1.807, 2.05) is 31.2 Å². The molecule has 0 aliphatic rings. The number of benzene rings is 1. The van der Waals surface area contributed by atoms with Crippen LogP contribution in [0, 0.1) is 0 Å². The largest absolute Gasteiger partial charge is 0.496 e. The van der Waals surface area contributed by atoms with Crippen LogP contribution in [-0.4, -0.2) is 32.1 Å². The third kappa shape index (κ3) is 5.21. The molecular formula is C16H26N2O2. The highest BCUT2D eigenvalue weighted by atomic mass is 16.5. The molecule has 0 aromatic heterocycles. The lowest BCUT2D eigenvalue weighted by Gasteiger charge is -2.17. The molecule has 1 aromatic rings. The van der Waals surface area contributed by atoms with Crippen LogP contribution in [-0.2, 0) is 4.79 Å². The molecule has 20 heavy (non-hydrogen) atoms. The van der Waals surface area contributed by atoms with E-state index in [4.69, 9.17) is 4.74 Å². The monoisotopic (exact) mass is 278 g/mol. The molecule has 0 fully saturated rings. The number of likely N-dealkylation sites (N-methyl/N-ethyl adjacent to an activating group) is 1. The smallest absolute Gasteiger partial charge is 0.220 e. The number of methoxy groups -OCH3 is 1. The third-order valence-corrected chi connectivity index (χ3v) is 3.32. The number of ether oxygens (including phenoxy) is 1. The van der Waals surface area contributed by atoms with Crippen molar-refractivity contribution in [3.63, 3.8) is 0 Å². The summed E-state index contributed by atoms with van der Waals surface area (Å²) in [5.41, 5.74) is 1.07. The molecule has 0 aliphatic heterocycles. The van der Waals surface area contributed by atoms with Crippen LogP contribution in [0.25, 0.3) is 0 Å². The highest BCUT2D eigenvalue weighted by Crippen LogP contribution is 2.28. The Labute approximate surface area is 121 Å². The molecule has 0 radical (unpaired) electrons. The normalized spacial score (nSPS) is 13.6. The van der Waals surface area contributed by atoms with Gasteiger partial charge in [0.1, 0.15) is 5.75 Å². The summed E-state index contributed by atoms with van der Waals surface area (Å²) in [6, 6.07) is 8.15. The summed E-state index contributed by atoms with van der Waals surface area (Å²) in [5.74, 6) is 1.06. The fraction of sp³-hybridized carbons (Fsp3) is 0.562. The number of hydrogen-bond donors (Lipinski definition) is 2. The predicted molar refractivity (Wildman–Crippen MR) is 82.2 cm³/mol. The molecule has 112 valence electrons. The molecule has 0 spiro atoms. The van der Waals surface area contributed by atoms with E-state index >= 15 is 0 Å². The van der Waals surface area contributed by atoms with E-state index in [2.05, 4.69) is 24.5 Å². The molecule has 0 saturated carbocycles. The minimum atomic E-state index is 0.0770. The summed E-state index contributed by atoms with van der Waals surface area (Å²) in [7, 11) is 1.66. The van der Waals surface area contributed by atoms with E-state index in [-0.39, 0.29) is 11.8 Å². The minimum absolute atomic E-state index is 0.0770. The van der Waals surface area contributed by atoms with Crippen LogP contribution in [0.3, 0.4) is 0 Å². The number of rotatable bonds is 8. The first-order valence-electron chi connectivity index (χ1n) is 7.21. The molecule has 0 aliphatic carbocycles. The Morgan fingerprint density at radius 1 is 1.30 bits per heavy atom. The van der Waals surface area contributed by atoms with Crippen molar-refractivity contribution in [3.05, 3.63) is 29.8 Å². The van der Waals surface area contributed by atoms with Crippen molar-refractivity contribution in [1.82, 2.24) is 10.6 Å². The highest BCUT2D eigenvalue weighted by Gasteiger charge is 2.15. The Morgan fingerprint density at radius 2 is 2.00 bits per heavy atom. The fourth-order valence-corrected chi connectivity index (χ4v) is 2.22. The second-order valence-corrected chi connectivity index (χ2v) is 5.11. The van der Waals surface area contributed by atoms with Gasteiger partial charge >= 0.3 is 0 Å². The lowest BCUT2D eigenvalue weighted by Crippen LogP contribution is -2.39. The van der Waals surface area contributed by atoms with Crippen LogP contribution in [0.5, 0.6) is 5.75 Å². The van der Waals surface area contributed by atoms with E-state index in [9.17, 15) is 4.79 Å². The van der Waals surface area contributed by atoms with E-state index in [1.54, 1.807) is 7.11 Å². The number of nitrogens with one attached hydrogen (secondary N) is 2. The molecule has 1 aromatic carbocycles. The van der Waals surface area contributed by atoms with Gasteiger partial charge in [0.2, 0.25) is 5.91 Å². The molecule has 0 saturated heterocycles. The van der Waals surface area contributed by atoms with Crippen LogP contribution in [0.15, 0.2) is 24.3 Å². The SMILES string of the molecule is CCN[C@H](C)CNC(=O)CC(C)c1ccccc1OC. The van der Waals surface area contributed by atoms with Crippen LogP contribution < -0.4 is 15.4 Å². The van der Waals surface area contributed by atoms with Crippen molar-refractivity contribution < 1.29 is 9.53 Å². The maximum atomic E-state index is 12.0. The van der Waals surface area contributed by atoms with Gasteiger partial charge in [0, 0.05) is 19.0 Å². The molecular weight excluding hydrogens is 252 g/mol. The first kappa shape index (κ1) is 16.5. The van der Waals surface area contributed by atoms with Crippen molar-refractivity contribution in [3.8, 4) is 5.75 Å². The second-order valence-electron chi connectivity index (χ2n) is 5.11. The van der Waals surface area contributed by atoms with Crippen LogP contribution >= 0.6 is 0 Å². The van der Waals surface area contributed by atoms with Crippen molar-refractivity contribution >= 4 is 5.91 Å². The zero-order chi connectivity index (χ0) is 15.0. The Kier molecular flexibility index (Phi) is 7.09. The van der Waals surface area contributed by atoms with Gasteiger partial charge in [0.25, 0.3) is 0 Å². The van der Waals surface area contributed by atoms with Gasteiger partial charge in [0.15, 0.2) is 0 Å². The summed E-state index contributed by atoms with van der Waals surface area (Å²) < 4.78 is 5.34. The van der Waals surface area contributed by atoms with Gasteiger partial charge in [-0.15, -0.1) is 0 Å². The fourth-order valence-electron chi connectivity index (χ4n) is 2.22. The van der Waals surface area contributed by atoms with Gasteiger partial charge in [-0.05, 0) is 31.0 Å². The van der Waals surface area contributed by atoms with Gasteiger partial charge in [-0.2, -0.15) is 0 Å². The highest BCUT2D eigenvalue weighted by molar-refractivity contribution is 5.77. The number of para-hydroxylation sites is 1. The van der Waals surface area contributed by atoms with E-state index in [0.717, 1.165) is 17.9 Å². The van der Waals surface area contributed by atoms with Crippen molar-refractivity contribution in [1.29, 1.82) is 0 Å². The zero-order valence-electron chi connectivity index (χ0n) is 12.9. The molecule has 2 N–H and O–H groups in total. The van der Waals surface area contributed by atoms with Crippen molar-refractivity contribution in [2.24, 2.45) is 0 Å². The van der Waals surface area contributed by atoms with Crippen LogP contribution in [0.2, 0.25) is 0 Å². The van der Waals surface area contributed by atoms with Gasteiger partial charge in [-0.25, -0.2) is 0 Å². The topological polar surface area (TPSA) is 50.4 Å². The summed E-state index contributed by atoms with van der Waals surface area (Å²) in [4.78, 5) is 12.0. The lowest BCUT2D eigenvalue weighted by molar-refractivity contribution is -0.121. The Hall–Kier alpha value is -1.55. The summed E-state index contributed by atoms with van der Waals surface area (Å²) in [5, 5.41) is 6.23. The van der Waals surface area contributed by atoms with Crippen LogP contribution in [0.4, 0.5) is 0 Å². The molecule has 1 unspecified atom stereocenters. The summed E-state index contributed by atoms with van der Waals surface area (Å²) in [6.07, 6.45) is 0.471. The first-order valence-corrected chi connectivity index (χ1v) is 7.21. The molecule has 0 bridgehead atoms. The molecule has 2 atom stereocenters. The zero-order valence-corrected chi connectivity index (χ0v) is 12.9. The average molecular weight is 278 g/mol. The molecule has 4 nitrogen and oxygen atoms in total. The number of carbonyl (C=O) groups is 1. The number of carbonyl (C=O) groups excluding carboxylic acids is 1. The van der Waals surface area contributed by atoms with Crippen LogP contribution in [0.1, 0.15) is 38.7 Å². The van der Waals surface area contributed by atoms with Gasteiger partial charge in [-0.3, -0.25) is 4.79 Å². The van der Waals surface area contributed by atoms with Crippen molar-refractivity contribution in [2.45, 2.75) is 39.2 Å². The summed E-state index contributed by atoms with van der Waals surface area (Å²) >= 11 is 0. The Balaban J connectivity index is 2.49. The van der Waals surface area contributed by atoms with Gasteiger partial charge < -0.3 is 15.4 Å². The molecule has 4 heteroatoms. The maximum Gasteiger partial charge on any atom is 0.220 e. The van der Waals surface area contributed by atoms with Gasteiger partial charge in [-0.1, -0.05) is 32.0 Å². The number of hydrogen-bond acceptors (Lipinski definition) is 3. The predicted octanol–water partition coefficient (Wildman–Crippen LogP) is 2.30. The average Bonchev–Trinajstić information content (AvgIpc) is 2.45. The maximum absolute atomic E-state index is 12.0. The second kappa shape index (κ2) is 8.59. The molecule has 1 amide bonds. The minimum Gasteiger partial charge on any atom is -0.496 e. The first-order chi connectivity index (χ1) is 9.58. The van der Waals surface area contributed by atoms with E-state index in [1.165, 1.54) is 0 Å². The standard InChI is InChI=1S/C16H26N2O2/c1-5-17-13(3)11-18-16(19)10-12(2)14-8-6-7-9-15(14)20-4/h6-9,12-13,17H,5,10-11H2,1-4H3,(H,18,19)/t12?,13-/m1/s1. The van der Waals surface area contributed by atoms with Crippen molar-refractivity contribution in [2.75, 3.05) is 20.2 Å². The quantitative estimate of drug-likeness (QED) is 0.767. The van der Waals surface area contributed by atoms with Gasteiger partial charge in [0.05, 0.1) is 7.11 Å². The van der Waals surface area contributed by atoms with E-state index in [0.29, 0.717) is 19.0 Å². The molecule has 1 rings (SSSR count). The van der Waals surface area contributed by atoms with E-state index < -0.39 is 0 Å².